The summed E-state index contributed by atoms with van der Waals surface area (Å²) in [6, 6.07) is 9.11. The molecule has 1 N–H and O–H groups in total. The highest BCUT2D eigenvalue weighted by atomic mass is 15.2. The van der Waals surface area contributed by atoms with Gasteiger partial charge in [0, 0.05) is 24.5 Å². The minimum absolute atomic E-state index is 0.674. The maximum absolute atomic E-state index is 4.52. The molecule has 0 bridgehead atoms. The quantitative estimate of drug-likeness (QED) is 0.747. The summed E-state index contributed by atoms with van der Waals surface area (Å²) >= 11 is 0. The first kappa shape index (κ1) is 9.28. The second-order valence-corrected chi connectivity index (χ2v) is 4.91. The molecule has 2 aliphatic rings. The average molecular weight is 225 g/mol. The van der Waals surface area contributed by atoms with Crippen molar-refractivity contribution in [3.05, 3.63) is 30.5 Å². The lowest BCUT2D eigenvalue weighted by Crippen LogP contribution is -2.39. The Labute approximate surface area is 100 Å². The molecule has 3 heteroatoms. The maximum Gasteiger partial charge on any atom is 0.0772 e. The Hall–Kier alpha value is -1.77. The molecule has 1 aromatic heterocycles. The van der Waals surface area contributed by atoms with Gasteiger partial charge in [0.2, 0.25) is 0 Å². The van der Waals surface area contributed by atoms with Crippen LogP contribution in [0.3, 0.4) is 0 Å². The number of hydrogen-bond acceptors (Lipinski definition) is 3. The van der Waals surface area contributed by atoms with E-state index in [4.69, 9.17) is 0 Å². The molecule has 1 aromatic carbocycles. The van der Waals surface area contributed by atoms with Crippen molar-refractivity contribution in [1.29, 1.82) is 0 Å². The topological polar surface area (TPSA) is 28.2 Å². The molecular formula is C14H15N3. The normalized spacial score (nSPS) is 22.1. The van der Waals surface area contributed by atoms with Crippen molar-refractivity contribution < 1.29 is 0 Å². The fourth-order valence-corrected chi connectivity index (χ4v) is 3.14. The molecule has 86 valence electrons. The van der Waals surface area contributed by atoms with Gasteiger partial charge in [0.25, 0.3) is 0 Å². The van der Waals surface area contributed by atoms with E-state index in [2.05, 4.69) is 39.5 Å². The second-order valence-electron chi connectivity index (χ2n) is 4.91. The summed E-state index contributed by atoms with van der Waals surface area (Å²) in [5, 5.41) is 4.80. The summed E-state index contributed by atoms with van der Waals surface area (Å²) in [5.74, 6) is 0. The van der Waals surface area contributed by atoms with Crippen LogP contribution in [0.1, 0.15) is 12.8 Å². The molecule has 3 heterocycles. The number of hydrogen-bond donors (Lipinski definition) is 1. The summed E-state index contributed by atoms with van der Waals surface area (Å²) in [6.45, 7) is 2.25. The van der Waals surface area contributed by atoms with Gasteiger partial charge in [-0.05, 0) is 18.9 Å². The van der Waals surface area contributed by atoms with Crippen molar-refractivity contribution in [3.63, 3.8) is 0 Å². The van der Waals surface area contributed by atoms with Gasteiger partial charge in [-0.1, -0.05) is 18.2 Å². The van der Waals surface area contributed by atoms with E-state index >= 15 is 0 Å². The van der Waals surface area contributed by atoms with E-state index in [1.54, 1.807) is 0 Å². The van der Waals surface area contributed by atoms with Gasteiger partial charge in [-0.2, -0.15) is 0 Å². The number of para-hydroxylation sites is 1. The number of benzene rings is 1. The third kappa shape index (κ3) is 1.25. The molecule has 3 nitrogen and oxygen atoms in total. The molecule has 2 aliphatic heterocycles. The van der Waals surface area contributed by atoms with Gasteiger partial charge in [0.1, 0.15) is 0 Å². The van der Waals surface area contributed by atoms with Crippen molar-refractivity contribution in [2.75, 3.05) is 23.3 Å². The van der Waals surface area contributed by atoms with Crippen LogP contribution in [-0.4, -0.2) is 24.1 Å². The van der Waals surface area contributed by atoms with Gasteiger partial charge >= 0.3 is 0 Å². The Kier molecular flexibility index (Phi) is 1.83. The first-order valence-electron chi connectivity index (χ1n) is 6.32. The molecule has 1 unspecified atom stereocenters. The van der Waals surface area contributed by atoms with Crippen LogP contribution in [0.15, 0.2) is 30.5 Å². The fourth-order valence-electron chi connectivity index (χ4n) is 3.14. The van der Waals surface area contributed by atoms with Crippen LogP contribution >= 0.6 is 0 Å². The first-order chi connectivity index (χ1) is 8.43. The number of aromatic nitrogens is 1. The zero-order valence-electron chi connectivity index (χ0n) is 9.69. The second kappa shape index (κ2) is 3.36. The van der Waals surface area contributed by atoms with Crippen molar-refractivity contribution in [2.45, 2.75) is 18.9 Å². The van der Waals surface area contributed by atoms with Crippen LogP contribution in [0, 0.1) is 0 Å². The van der Waals surface area contributed by atoms with E-state index in [1.165, 1.54) is 36.1 Å². The van der Waals surface area contributed by atoms with Gasteiger partial charge in [-0.15, -0.1) is 0 Å². The summed E-state index contributed by atoms with van der Waals surface area (Å²) in [4.78, 5) is 7.08. The molecular weight excluding hydrogens is 210 g/mol. The van der Waals surface area contributed by atoms with E-state index in [9.17, 15) is 0 Å². The Morgan fingerprint density at radius 3 is 3.24 bits per heavy atom. The highest BCUT2D eigenvalue weighted by Gasteiger charge is 2.31. The fraction of sp³-hybridized carbons (Fsp3) is 0.357. The van der Waals surface area contributed by atoms with Crippen molar-refractivity contribution >= 4 is 22.3 Å². The van der Waals surface area contributed by atoms with Crippen LogP contribution in [0.2, 0.25) is 0 Å². The minimum atomic E-state index is 0.674. The molecule has 1 fully saturated rings. The number of nitrogens with zero attached hydrogens (tertiary/aromatic N) is 2. The number of anilines is 2. The highest BCUT2D eigenvalue weighted by molar-refractivity contribution is 5.99. The van der Waals surface area contributed by atoms with Crippen molar-refractivity contribution in [3.8, 4) is 0 Å². The Morgan fingerprint density at radius 1 is 1.29 bits per heavy atom. The molecule has 1 atom stereocenters. The smallest absolute Gasteiger partial charge is 0.0772 e. The van der Waals surface area contributed by atoms with Gasteiger partial charge in [0.05, 0.1) is 23.1 Å². The van der Waals surface area contributed by atoms with Gasteiger partial charge in [-0.3, -0.25) is 4.98 Å². The Morgan fingerprint density at radius 2 is 2.24 bits per heavy atom. The molecule has 0 radical (unpaired) electrons. The van der Waals surface area contributed by atoms with Crippen molar-refractivity contribution in [2.24, 2.45) is 0 Å². The number of fused-ring (bicyclic) bond motifs is 5. The maximum atomic E-state index is 4.52. The third-order valence-corrected chi connectivity index (χ3v) is 3.94. The standard InChI is InChI=1S/C14H15N3/c1-2-6-12-11(5-1)14-13(9-16-12)15-8-10-4-3-7-17(10)14/h1-2,5-6,9-10,15H,3-4,7-8H2. The zero-order valence-corrected chi connectivity index (χ0v) is 9.69. The summed E-state index contributed by atoms with van der Waals surface area (Å²) < 4.78 is 0. The van der Waals surface area contributed by atoms with Gasteiger partial charge in [-0.25, -0.2) is 0 Å². The van der Waals surface area contributed by atoms with E-state index in [0.29, 0.717) is 6.04 Å². The SMILES string of the molecule is c1ccc2c3c(cnc2c1)NCC1CCCN31. The molecule has 0 amide bonds. The third-order valence-electron chi connectivity index (χ3n) is 3.94. The lowest BCUT2D eigenvalue weighted by atomic mass is 10.1. The Bertz CT molecular complexity index is 579. The van der Waals surface area contributed by atoms with Crippen LogP contribution in [-0.2, 0) is 0 Å². The number of pyridine rings is 1. The molecule has 0 spiro atoms. The average Bonchev–Trinajstić information content (AvgIpc) is 2.86. The molecule has 17 heavy (non-hydrogen) atoms. The predicted octanol–water partition coefficient (Wildman–Crippen LogP) is 2.63. The minimum Gasteiger partial charge on any atom is -0.380 e. The van der Waals surface area contributed by atoms with Crippen molar-refractivity contribution in [1.82, 2.24) is 4.98 Å². The van der Waals surface area contributed by atoms with Gasteiger partial charge < -0.3 is 10.2 Å². The molecule has 2 aromatic rings. The van der Waals surface area contributed by atoms with E-state index < -0.39 is 0 Å². The lowest BCUT2D eigenvalue weighted by molar-refractivity contribution is 0.684. The van der Waals surface area contributed by atoms with E-state index in [0.717, 1.165) is 12.1 Å². The summed E-state index contributed by atoms with van der Waals surface area (Å²) in [6.07, 6.45) is 4.59. The molecule has 0 aliphatic carbocycles. The van der Waals surface area contributed by atoms with Crippen LogP contribution < -0.4 is 10.2 Å². The monoisotopic (exact) mass is 225 g/mol. The summed E-state index contributed by atoms with van der Waals surface area (Å²) in [5.41, 5.74) is 3.66. The first-order valence-corrected chi connectivity index (χ1v) is 6.32. The Balaban J connectivity index is 2.01. The van der Waals surface area contributed by atoms with Crippen LogP contribution in [0.4, 0.5) is 11.4 Å². The number of nitrogens with one attached hydrogen (secondary N) is 1. The van der Waals surface area contributed by atoms with Gasteiger partial charge in [0.15, 0.2) is 0 Å². The molecule has 0 saturated carbocycles. The largest absolute Gasteiger partial charge is 0.380 e. The molecule has 4 rings (SSSR count). The lowest BCUT2D eigenvalue weighted by Gasteiger charge is -2.35. The highest BCUT2D eigenvalue weighted by Crippen LogP contribution is 2.40. The predicted molar refractivity (Wildman–Crippen MR) is 70.6 cm³/mol. The van der Waals surface area contributed by atoms with E-state index in [1.807, 2.05) is 6.20 Å². The zero-order chi connectivity index (χ0) is 11.2. The number of rotatable bonds is 0. The van der Waals surface area contributed by atoms with Crippen LogP contribution in [0.25, 0.3) is 10.9 Å². The molecule has 1 saturated heterocycles. The summed E-state index contributed by atoms with van der Waals surface area (Å²) in [7, 11) is 0. The van der Waals surface area contributed by atoms with Crippen LogP contribution in [0.5, 0.6) is 0 Å². The van der Waals surface area contributed by atoms with E-state index in [-0.39, 0.29) is 0 Å².